The zero-order valence-corrected chi connectivity index (χ0v) is 17.6. The molecule has 2 amide bonds. The first kappa shape index (κ1) is 19.6. The molecule has 0 radical (unpaired) electrons. The summed E-state index contributed by atoms with van der Waals surface area (Å²) < 4.78 is 10.8. The quantitative estimate of drug-likeness (QED) is 0.760. The van der Waals surface area contributed by atoms with Crippen molar-refractivity contribution in [3.63, 3.8) is 0 Å². The highest BCUT2D eigenvalue weighted by molar-refractivity contribution is 5.75. The lowest BCUT2D eigenvalue weighted by molar-refractivity contribution is -0.145. The molecule has 8 nitrogen and oxygen atoms in total. The van der Waals surface area contributed by atoms with Crippen molar-refractivity contribution in [1.82, 2.24) is 20.2 Å². The van der Waals surface area contributed by atoms with E-state index in [4.69, 9.17) is 9.47 Å². The van der Waals surface area contributed by atoms with Gasteiger partial charge < -0.3 is 19.3 Å². The van der Waals surface area contributed by atoms with Crippen molar-refractivity contribution < 1.29 is 19.1 Å². The van der Waals surface area contributed by atoms with E-state index in [1.807, 2.05) is 16.7 Å². The first-order chi connectivity index (χ1) is 14.0. The molecule has 1 N–H and O–H groups in total. The number of amides is 2. The Morgan fingerprint density at radius 3 is 2.48 bits per heavy atom. The van der Waals surface area contributed by atoms with Gasteiger partial charge in [0.1, 0.15) is 0 Å². The van der Waals surface area contributed by atoms with Crippen LogP contribution in [-0.4, -0.2) is 89.9 Å². The molecule has 162 valence electrons. The molecule has 0 bridgehead atoms. The monoisotopic (exact) mass is 406 g/mol. The minimum Gasteiger partial charge on any atom is -0.441 e. The number of hydrazine groups is 1. The molecule has 5 aliphatic rings. The largest absolute Gasteiger partial charge is 0.441 e. The van der Waals surface area contributed by atoms with Crippen molar-refractivity contribution in [3.8, 4) is 0 Å². The highest BCUT2D eigenvalue weighted by Crippen LogP contribution is 2.41. The number of nitrogens with one attached hydrogen (secondary N) is 1. The van der Waals surface area contributed by atoms with E-state index < -0.39 is 0 Å². The molecule has 0 spiro atoms. The van der Waals surface area contributed by atoms with Crippen molar-refractivity contribution >= 4 is 12.0 Å². The Labute approximate surface area is 172 Å². The minimum absolute atomic E-state index is 0.0222. The van der Waals surface area contributed by atoms with Crippen LogP contribution in [0.4, 0.5) is 4.79 Å². The number of nitrogens with zero attached hydrogens (tertiary/aromatic N) is 3. The number of hydrogen-bond donors (Lipinski definition) is 1. The maximum Gasteiger partial charge on any atom is 0.410 e. The molecule has 2 aliphatic carbocycles. The molecule has 3 aliphatic heterocycles. The number of ether oxygens (including phenoxy) is 2. The Morgan fingerprint density at radius 1 is 1.03 bits per heavy atom. The van der Waals surface area contributed by atoms with Crippen molar-refractivity contribution in [2.24, 2.45) is 11.8 Å². The SMILES string of the molecule is CC(=O)N1C2CCC(C3CNN(C4CC4)C3)CC2N(C(=O)OC2COC2)C[C@@H]1C. The second-order valence-corrected chi connectivity index (χ2v) is 9.68. The summed E-state index contributed by atoms with van der Waals surface area (Å²) in [6, 6.07) is 0.911. The molecule has 5 rings (SSSR count). The molecule has 5 fully saturated rings. The second kappa shape index (κ2) is 7.71. The summed E-state index contributed by atoms with van der Waals surface area (Å²) in [5.41, 5.74) is 3.60. The number of piperazine rings is 1. The second-order valence-electron chi connectivity index (χ2n) is 9.68. The zero-order valence-electron chi connectivity index (χ0n) is 17.6. The van der Waals surface area contributed by atoms with Crippen molar-refractivity contribution in [3.05, 3.63) is 0 Å². The van der Waals surface area contributed by atoms with Gasteiger partial charge in [-0.2, -0.15) is 0 Å². The average molecular weight is 407 g/mol. The van der Waals surface area contributed by atoms with E-state index in [1.165, 1.54) is 12.8 Å². The van der Waals surface area contributed by atoms with E-state index in [2.05, 4.69) is 10.4 Å². The van der Waals surface area contributed by atoms with Crippen LogP contribution in [-0.2, 0) is 14.3 Å². The molecule has 5 atom stereocenters. The van der Waals surface area contributed by atoms with Gasteiger partial charge in [-0.25, -0.2) is 9.80 Å². The Morgan fingerprint density at radius 2 is 1.83 bits per heavy atom. The molecule has 3 heterocycles. The molecular weight excluding hydrogens is 372 g/mol. The number of carbonyl (C=O) groups excluding carboxylic acids is 2. The lowest BCUT2D eigenvalue weighted by Crippen LogP contribution is -2.67. The Kier molecular flexibility index (Phi) is 5.20. The lowest BCUT2D eigenvalue weighted by atomic mass is 9.73. The molecule has 0 aromatic rings. The van der Waals surface area contributed by atoms with Crippen molar-refractivity contribution in [2.45, 2.75) is 76.2 Å². The van der Waals surface area contributed by atoms with Gasteiger partial charge in [0, 0.05) is 38.6 Å². The maximum atomic E-state index is 13.0. The van der Waals surface area contributed by atoms with Gasteiger partial charge in [-0.1, -0.05) is 0 Å². The standard InChI is InChI=1S/C21H34N4O4/c1-13-9-23(21(27)29-18-11-28-12-18)20-7-15(3-6-19(20)25(13)14(2)26)16-8-22-24(10-16)17-4-5-17/h13,15-20,22H,3-12H2,1-2H3/t13-,15?,16?,19?,20?/m0/s1. The highest BCUT2D eigenvalue weighted by Gasteiger charge is 2.49. The number of fused-ring (bicyclic) bond motifs is 1. The third-order valence-electron chi connectivity index (χ3n) is 7.63. The molecule has 3 saturated heterocycles. The third-order valence-corrected chi connectivity index (χ3v) is 7.63. The Hall–Kier alpha value is -1.38. The molecule has 4 unspecified atom stereocenters. The molecule has 2 saturated carbocycles. The third kappa shape index (κ3) is 3.75. The van der Waals surface area contributed by atoms with E-state index in [0.29, 0.717) is 31.6 Å². The topological polar surface area (TPSA) is 74.4 Å². The van der Waals surface area contributed by atoms with Crippen LogP contribution < -0.4 is 5.43 Å². The first-order valence-corrected chi connectivity index (χ1v) is 11.3. The summed E-state index contributed by atoms with van der Waals surface area (Å²) in [7, 11) is 0. The maximum absolute atomic E-state index is 13.0. The van der Waals surface area contributed by atoms with Crippen LogP contribution >= 0.6 is 0 Å². The molecule has 0 aromatic heterocycles. The zero-order chi connectivity index (χ0) is 20.1. The van der Waals surface area contributed by atoms with Gasteiger partial charge in [0.25, 0.3) is 0 Å². The number of rotatable bonds is 3. The fourth-order valence-corrected chi connectivity index (χ4v) is 5.93. The molecular formula is C21H34N4O4. The fourth-order valence-electron chi connectivity index (χ4n) is 5.93. The molecule has 0 aromatic carbocycles. The molecule has 29 heavy (non-hydrogen) atoms. The normalized spacial score (nSPS) is 38.5. The van der Waals surface area contributed by atoms with Crippen LogP contribution in [0, 0.1) is 11.8 Å². The van der Waals surface area contributed by atoms with Crippen LogP contribution in [0.25, 0.3) is 0 Å². The van der Waals surface area contributed by atoms with Gasteiger partial charge in [0.05, 0.1) is 25.3 Å². The summed E-state index contributed by atoms with van der Waals surface area (Å²) in [5.74, 6) is 1.32. The van der Waals surface area contributed by atoms with Crippen LogP contribution in [0.2, 0.25) is 0 Å². The van der Waals surface area contributed by atoms with Crippen molar-refractivity contribution in [2.75, 3.05) is 32.8 Å². The van der Waals surface area contributed by atoms with Crippen LogP contribution in [0.5, 0.6) is 0 Å². The average Bonchev–Trinajstić information content (AvgIpc) is 3.40. The Bertz CT molecular complexity index is 653. The highest BCUT2D eigenvalue weighted by atomic mass is 16.6. The van der Waals surface area contributed by atoms with E-state index in [1.54, 1.807) is 6.92 Å². The van der Waals surface area contributed by atoms with Gasteiger partial charge >= 0.3 is 6.09 Å². The smallest absolute Gasteiger partial charge is 0.410 e. The predicted octanol–water partition coefficient (Wildman–Crippen LogP) is 1.21. The van der Waals surface area contributed by atoms with Gasteiger partial charge in [0.2, 0.25) is 5.91 Å². The summed E-state index contributed by atoms with van der Waals surface area (Å²) in [6.07, 6.45) is 5.33. The number of carbonyl (C=O) groups is 2. The van der Waals surface area contributed by atoms with Gasteiger partial charge in [-0.3, -0.25) is 10.2 Å². The van der Waals surface area contributed by atoms with Crippen LogP contribution in [0.1, 0.15) is 46.0 Å². The summed E-state index contributed by atoms with van der Waals surface area (Å²) in [5, 5.41) is 2.43. The van der Waals surface area contributed by atoms with Gasteiger partial charge in [-0.05, 0) is 50.9 Å². The van der Waals surface area contributed by atoms with E-state index >= 15 is 0 Å². The summed E-state index contributed by atoms with van der Waals surface area (Å²) in [6.45, 7) is 7.40. The summed E-state index contributed by atoms with van der Waals surface area (Å²) >= 11 is 0. The summed E-state index contributed by atoms with van der Waals surface area (Å²) in [4.78, 5) is 29.3. The Balaban J connectivity index is 1.31. The number of hydrogen-bond acceptors (Lipinski definition) is 6. The van der Waals surface area contributed by atoms with E-state index in [9.17, 15) is 9.59 Å². The minimum atomic E-state index is -0.229. The van der Waals surface area contributed by atoms with E-state index in [-0.39, 0.29) is 36.2 Å². The van der Waals surface area contributed by atoms with Crippen molar-refractivity contribution in [1.29, 1.82) is 0 Å². The predicted molar refractivity (Wildman–Crippen MR) is 106 cm³/mol. The van der Waals surface area contributed by atoms with Gasteiger partial charge in [-0.15, -0.1) is 0 Å². The van der Waals surface area contributed by atoms with Crippen LogP contribution in [0.3, 0.4) is 0 Å². The lowest BCUT2D eigenvalue weighted by Gasteiger charge is -2.54. The molecule has 8 heteroatoms. The van der Waals surface area contributed by atoms with E-state index in [0.717, 1.165) is 38.4 Å². The van der Waals surface area contributed by atoms with Crippen LogP contribution in [0.15, 0.2) is 0 Å². The van der Waals surface area contributed by atoms with Gasteiger partial charge in [0.15, 0.2) is 6.10 Å². The fraction of sp³-hybridized carbons (Fsp3) is 0.905. The first-order valence-electron chi connectivity index (χ1n) is 11.3.